The number of ether oxygens (including phenoxy) is 1. The van der Waals surface area contributed by atoms with E-state index in [9.17, 15) is 9.59 Å². The first-order chi connectivity index (χ1) is 13.5. The molecule has 0 unspecified atom stereocenters. The van der Waals surface area contributed by atoms with Gasteiger partial charge in [0.05, 0.1) is 23.9 Å². The highest BCUT2D eigenvalue weighted by molar-refractivity contribution is 6.03. The zero-order chi connectivity index (χ0) is 19.8. The quantitative estimate of drug-likeness (QED) is 0.574. The third kappa shape index (κ3) is 2.73. The lowest BCUT2D eigenvalue weighted by Crippen LogP contribution is -2.29. The van der Waals surface area contributed by atoms with Crippen molar-refractivity contribution in [2.75, 3.05) is 12.8 Å². The molecule has 4 rings (SSSR count). The van der Waals surface area contributed by atoms with Crippen LogP contribution in [-0.2, 0) is 7.05 Å². The highest BCUT2D eigenvalue weighted by Gasteiger charge is 2.20. The number of aryl methyl sites for hydroxylation is 1. The molecule has 140 valence electrons. The van der Waals surface area contributed by atoms with E-state index in [1.54, 1.807) is 26.3 Å². The van der Waals surface area contributed by atoms with Crippen LogP contribution in [0.5, 0.6) is 5.75 Å². The molecule has 0 bridgehead atoms. The van der Waals surface area contributed by atoms with Gasteiger partial charge in [-0.3, -0.25) is 14.3 Å². The molecule has 0 spiro atoms. The van der Waals surface area contributed by atoms with E-state index in [2.05, 4.69) is 9.97 Å². The standard InChI is InChI=1S/C21H18N4O3/c1-25-19-16(20(26)24-21(25)27)15(12-8-10-14(28-2)11-9-12)17(22)18(23-19)13-6-4-3-5-7-13/h3-11H,22H2,1-2H3,(H,24,26,27). The van der Waals surface area contributed by atoms with E-state index in [0.717, 1.165) is 11.1 Å². The molecule has 0 fully saturated rings. The Kier molecular flexibility index (Phi) is 4.19. The Morgan fingerprint density at radius 2 is 1.68 bits per heavy atom. The lowest BCUT2D eigenvalue weighted by Gasteiger charge is -2.15. The number of methoxy groups -OCH3 is 1. The van der Waals surface area contributed by atoms with Crippen molar-refractivity contribution in [1.29, 1.82) is 0 Å². The number of hydrogen-bond donors (Lipinski definition) is 2. The number of fused-ring (bicyclic) bond motifs is 1. The molecule has 0 aliphatic rings. The van der Waals surface area contributed by atoms with Crippen LogP contribution >= 0.6 is 0 Å². The van der Waals surface area contributed by atoms with Crippen molar-refractivity contribution in [3.8, 4) is 28.1 Å². The van der Waals surface area contributed by atoms with Crippen LogP contribution in [0.1, 0.15) is 0 Å². The summed E-state index contributed by atoms with van der Waals surface area (Å²) in [4.78, 5) is 31.7. The molecule has 0 saturated heterocycles. The summed E-state index contributed by atoms with van der Waals surface area (Å²) in [6.07, 6.45) is 0. The molecule has 0 radical (unpaired) electrons. The summed E-state index contributed by atoms with van der Waals surface area (Å²) >= 11 is 0. The van der Waals surface area contributed by atoms with Crippen LogP contribution in [0.15, 0.2) is 64.2 Å². The summed E-state index contributed by atoms with van der Waals surface area (Å²) in [7, 11) is 3.15. The van der Waals surface area contributed by atoms with Crippen molar-refractivity contribution in [1.82, 2.24) is 14.5 Å². The monoisotopic (exact) mass is 374 g/mol. The summed E-state index contributed by atoms with van der Waals surface area (Å²) in [6.45, 7) is 0. The maximum Gasteiger partial charge on any atom is 0.329 e. The Morgan fingerprint density at radius 1 is 1.00 bits per heavy atom. The third-order valence-electron chi connectivity index (χ3n) is 4.71. The normalized spacial score (nSPS) is 10.9. The molecule has 0 amide bonds. The van der Waals surface area contributed by atoms with Crippen LogP contribution in [-0.4, -0.2) is 21.6 Å². The van der Waals surface area contributed by atoms with Gasteiger partial charge in [-0.25, -0.2) is 9.78 Å². The zero-order valence-electron chi connectivity index (χ0n) is 15.4. The molecular formula is C21H18N4O3. The maximum atomic E-state index is 12.7. The van der Waals surface area contributed by atoms with Gasteiger partial charge in [0.25, 0.3) is 5.56 Å². The van der Waals surface area contributed by atoms with Gasteiger partial charge in [-0.05, 0) is 17.7 Å². The van der Waals surface area contributed by atoms with Crippen LogP contribution in [0, 0.1) is 0 Å². The molecule has 28 heavy (non-hydrogen) atoms. The fourth-order valence-corrected chi connectivity index (χ4v) is 3.26. The van der Waals surface area contributed by atoms with Gasteiger partial charge in [0.1, 0.15) is 5.75 Å². The Hall–Kier alpha value is -3.87. The van der Waals surface area contributed by atoms with Gasteiger partial charge < -0.3 is 10.5 Å². The summed E-state index contributed by atoms with van der Waals surface area (Å²) < 4.78 is 6.53. The van der Waals surface area contributed by atoms with Gasteiger partial charge in [0, 0.05) is 18.2 Å². The van der Waals surface area contributed by atoms with Crippen molar-refractivity contribution < 1.29 is 4.74 Å². The summed E-state index contributed by atoms with van der Waals surface area (Å²) in [5.41, 5.74) is 8.66. The number of nitrogens with zero attached hydrogens (tertiary/aromatic N) is 2. The third-order valence-corrected chi connectivity index (χ3v) is 4.71. The molecule has 7 nitrogen and oxygen atoms in total. The van der Waals surface area contributed by atoms with Crippen LogP contribution in [0.25, 0.3) is 33.4 Å². The van der Waals surface area contributed by atoms with Crippen molar-refractivity contribution in [2.45, 2.75) is 0 Å². The number of nitrogens with one attached hydrogen (secondary N) is 1. The van der Waals surface area contributed by atoms with Crippen molar-refractivity contribution in [3.05, 3.63) is 75.4 Å². The molecule has 0 atom stereocenters. The Balaban J connectivity index is 2.17. The van der Waals surface area contributed by atoms with E-state index in [-0.39, 0.29) is 11.0 Å². The first-order valence-electron chi connectivity index (χ1n) is 8.63. The number of rotatable bonds is 3. The zero-order valence-corrected chi connectivity index (χ0v) is 15.4. The van der Waals surface area contributed by atoms with Gasteiger partial charge in [-0.2, -0.15) is 0 Å². The predicted octanol–water partition coefficient (Wildman–Crippen LogP) is 2.55. The first-order valence-corrected chi connectivity index (χ1v) is 8.63. The minimum atomic E-state index is -0.533. The molecule has 3 N–H and O–H groups in total. The van der Waals surface area contributed by atoms with E-state index in [0.29, 0.717) is 22.7 Å². The van der Waals surface area contributed by atoms with E-state index in [4.69, 9.17) is 10.5 Å². The minimum Gasteiger partial charge on any atom is -0.497 e. The van der Waals surface area contributed by atoms with Crippen molar-refractivity contribution in [2.24, 2.45) is 7.05 Å². The number of pyridine rings is 1. The number of nitrogen functional groups attached to an aromatic ring is 1. The highest BCUT2D eigenvalue weighted by atomic mass is 16.5. The number of anilines is 1. The Bertz CT molecular complexity index is 1290. The summed E-state index contributed by atoms with van der Waals surface area (Å²) in [6, 6.07) is 16.6. The van der Waals surface area contributed by atoms with Gasteiger partial charge in [-0.1, -0.05) is 42.5 Å². The number of hydrogen-bond acceptors (Lipinski definition) is 5. The van der Waals surface area contributed by atoms with Crippen molar-refractivity contribution in [3.63, 3.8) is 0 Å². The average molecular weight is 374 g/mol. The van der Waals surface area contributed by atoms with Crippen LogP contribution in [0.4, 0.5) is 5.69 Å². The average Bonchev–Trinajstić information content (AvgIpc) is 2.72. The van der Waals surface area contributed by atoms with Crippen LogP contribution in [0.2, 0.25) is 0 Å². The molecule has 7 heteroatoms. The van der Waals surface area contributed by atoms with Gasteiger partial charge in [-0.15, -0.1) is 0 Å². The van der Waals surface area contributed by atoms with Gasteiger partial charge in [0.15, 0.2) is 5.65 Å². The topological polar surface area (TPSA) is 103 Å². The van der Waals surface area contributed by atoms with Crippen LogP contribution < -0.4 is 21.7 Å². The Labute approximate surface area is 160 Å². The molecular weight excluding hydrogens is 356 g/mol. The largest absolute Gasteiger partial charge is 0.497 e. The fourth-order valence-electron chi connectivity index (χ4n) is 3.26. The second kappa shape index (κ2) is 6.70. The summed E-state index contributed by atoms with van der Waals surface area (Å²) in [5.74, 6) is 0.685. The number of nitrogens with two attached hydrogens (primary N) is 1. The maximum absolute atomic E-state index is 12.7. The van der Waals surface area contributed by atoms with E-state index < -0.39 is 11.2 Å². The van der Waals surface area contributed by atoms with E-state index >= 15 is 0 Å². The first kappa shape index (κ1) is 17.5. The lowest BCUT2D eigenvalue weighted by molar-refractivity contribution is 0.415. The van der Waals surface area contributed by atoms with Crippen molar-refractivity contribution >= 4 is 16.7 Å². The SMILES string of the molecule is COc1ccc(-c2c(N)c(-c3ccccc3)nc3c2c(=O)[nH]c(=O)n3C)cc1. The number of H-pyrrole nitrogens is 1. The molecule has 2 heterocycles. The van der Waals surface area contributed by atoms with E-state index in [1.807, 2.05) is 42.5 Å². The Morgan fingerprint density at radius 3 is 2.32 bits per heavy atom. The molecule has 0 aliphatic heterocycles. The molecule has 0 saturated carbocycles. The smallest absolute Gasteiger partial charge is 0.329 e. The fraction of sp³-hybridized carbons (Fsp3) is 0.0952. The lowest BCUT2D eigenvalue weighted by atomic mass is 9.97. The van der Waals surface area contributed by atoms with Crippen LogP contribution in [0.3, 0.4) is 0 Å². The second-order valence-electron chi connectivity index (χ2n) is 6.36. The second-order valence-corrected chi connectivity index (χ2v) is 6.36. The summed E-state index contributed by atoms with van der Waals surface area (Å²) in [5, 5.41) is 0.268. The number of aromatic amines is 1. The molecule has 2 aromatic carbocycles. The molecule has 4 aromatic rings. The van der Waals surface area contributed by atoms with Gasteiger partial charge in [0.2, 0.25) is 0 Å². The highest BCUT2D eigenvalue weighted by Crippen LogP contribution is 2.37. The van der Waals surface area contributed by atoms with Gasteiger partial charge >= 0.3 is 5.69 Å². The van der Waals surface area contributed by atoms with E-state index in [1.165, 1.54) is 4.57 Å². The molecule has 2 aromatic heterocycles. The number of aromatic nitrogens is 3. The number of benzene rings is 2. The molecule has 0 aliphatic carbocycles. The minimum absolute atomic E-state index is 0.268. The predicted molar refractivity (Wildman–Crippen MR) is 109 cm³/mol.